The zero-order valence-electron chi connectivity index (χ0n) is 12.5. The maximum atomic E-state index is 12.3. The average Bonchev–Trinajstić information content (AvgIpc) is 2.47. The predicted molar refractivity (Wildman–Crippen MR) is 91.7 cm³/mol. The lowest BCUT2D eigenvalue weighted by molar-refractivity contribution is 0.0942. The molecule has 2 rings (SSSR count). The molecule has 0 aliphatic rings. The number of nitrogens with zero attached hydrogens (tertiary/aromatic N) is 1. The Morgan fingerprint density at radius 3 is 2.23 bits per heavy atom. The first-order valence-electron chi connectivity index (χ1n) is 6.93. The van der Waals surface area contributed by atoms with Gasteiger partial charge in [-0.15, -0.1) is 0 Å². The van der Waals surface area contributed by atoms with Crippen LogP contribution in [0.2, 0.25) is 10.0 Å². The number of carbonyl (C=O) groups is 1. The van der Waals surface area contributed by atoms with Crippen LogP contribution in [0.5, 0.6) is 0 Å². The van der Waals surface area contributed by atoms with Gasteiger partial charge in [-0.05, 0) is 37.9 Å². The fourth-order valence-electron chi connectivity index (χ4n) is 2.25. The van der Waals surface area contributed by atoms with E-state index in [1.807, 2.05) is 44.4 Å². The van der Waals surface area contributed by atoms with Crippen LogP contribution in [-0.2, 0) is 0 Å². The summed E-state index contributed by atoms with van der Waals surface area (Å²) in [7, 11) is 3.97. The van der Waals surface area contributed by atoms with Gasteiger partial charge in [-0.3, -0.25) is 4.79 Å². The summed E-state index contributed by atoms with van der Waals surface area (Å²) in [6, 6.07) is 15.0. The van der Waals surface area contributed by atoms with E-state index in [1.165, 1.54) is 0 Å². The molecular weight excluding hydrogens is 319 g/mol. The summed E-state index contributed by atoms with van der Waals surface area (Å²) >= 11 is 11.9. The smallest absolute Gasteiger partial charge is 0.251 e. The maximum Gasteiger partial charge on any atom is 0.251 e. The largest absolute Gasteiger partial charge is 0.350 e. The summed E-state index contributed by atoms with van der Waals surface area (Å²) in [6.07, 6.45) is 0. The van der Waals surface area contributed by atoms with Crippen LogP contribution < -0.4 is 5.32 Å². The van der Waals surface area contributed by atoms with Crippen LogP contribution >= 0.6 is 23.2 Å². The van der Waals surface area contributed by atoms with Crippen molar-refractivity contribution in [2.45, 2.75) is 6.04 Å². The second kappa shape index (κ2) is 7.63. The van der Waals surface area contributed by atoms with E-state index in [0.29, 0.717) is 22.2 Å². The SMILES string of the molecule is CN(C)C(CNC(=O)c1cc(Cl)cc(Cl)c1)c1ccccc1. The van der Waals surface area contributed by atoms with Gasteiger partial charge in [0, 0.05) is 22.2 Å². The summed E-state index contributed by atoms with van der Waals surface area (Å²) in [5, 5.41) is 3.83. The van der Waals surface area contributed by atoms with Crippen LogP contribution in [-0.4, -0.2) is 31.4 Å². The number of rotatable bonds is 5. The molecule has 1 amide bonds. The second-order valence-corrected chi connectivity index (χ2v) is 6.13. The Hall–Kier alpha value is -1.55. The van der Waals surface area contributed by atoms with Crippen LogP contribution in [0.1, 0.15) is 22.0 Å². The van der Waals surface area contributed by atoms with Crippen molar-refractivity contribution in [3.8, 4) is 0 Å². The molecule has 3 nitrogen and oxygen atoms in total. The highest BCUT2D eigenvalue weighted by Crippen LogP contribution is 2.20. The van der Waals surface area contributed by atoms with Gasteiger partial charge < -0.3 is 10.2 Å². The van der Waals surface area contributed by atoms with Gasteiger partial charge >= 0.3 is 0 Å². The standard InChI is InChI=1S/C17H18Cl2N2O/c1-21(2)16(12-6-4-3-5-7-12)11-20-17(22)13-8-14(18)10-15(19)9-13/h3-10,16H,11H2,1-2H3,(H,20,22). The molecule has 0 aromatic heterocycles. The third kappa shape index (κ3) is 4.47. The van der Waals surface area contributed by atoms with Crippen molar-refractivity contribution in [1.29, 1.82) is 0 Å². The van der Waals surface area contributed by atoms with Gasteiger partial charge in [-0.1, -0.05) is 53.5 Å². The van der Waals surface area contributed by atoms with Crippen LogP contribution in [0.25, 0.3) is 0 Å². The van der Waals surface area contributed by atoms with E-state index in [2.05, 4.69) is 10.2 Å². The van der Waals surface area contributed by atoms with Crippen molar-refractivity contribution in [2.75, 3.05) is 20.6 Å². The van der Waals surface area contributed by atoms with Crippen molar-refractivity contribution < 1.29 is 4.79 Å². The van der Waals surface area contributed by atoms with E-state index < -0.39 is 0 Å². The van der Waals surface area contributed by atoms with E-state index in [0.717, 1.165) is 5.56 Å². The van der Waals surface area contributed by atoms with E-state index in [4.69, 9.17) is 23.2 Å². The second-order valence-electron chi connectivity index (χ2n) is 5.26. The molecule has 1 atom stereocenters. The van der Waals surface area contributed by atoms with Crippen LogP contribution in [0, 0.1) is 0 Å². The molecule has 0 spiro atoms. The Morgan fingerprint density at radius 2 is 1.68 bits per heavy atom. The fourth-order valence-corrected chi connectivity index (χ4v) is 2.78. The monoisotopic (exact) mass is 336 g/mol. The molecule has 0 bridgehead atoms. The highest BCUT2D eigenvalue weighted by molar-refractivity contribution is 6.35. The normalized spacial score (nSPS) is 12.2. The van der Waals surface area contributed by atoms with Crippen LogP contribution in [0.15, 0.2) is 48.5 Å². The minimum absolute atomic E-state index is 0.0970. The number of hydrogen-bond donors (Lipinski definition) is 1. The van der Waals surface area contributed by atoms with Crippen LogP contribution in [0.4, 0.5) is 0 Å². The molecule has 0 radical (unpaired) electrons. The first kappa shape index (κ1) is 16.8. The molecule has 0 aliphatic heterocycles. The zero-order valence-corrected chi connectivity index (χ0v) is 14.0. The summed E-state index contributed by atoms with van der Waals surface area (Å²) in [5.74, 6) is -0.188. The van der Waals surface area contributed by atoms with E-state index in [-0.39, 0.29) is 11.9 Å². The molecule has 2 aromatic carbocycles. The highest BCUT2D eigenvalue weighted by Gasteiger charge is 2.16. The molecule has 5 heteroatoms. The lowest BCUT2D eigenvalue weighted by Gasteiger charge is -2.25. The van der Waals surface area contributed by atoms with Crippen molar-refractivity contribution in [2.24, 2.45) is 0 Å². The molecule has 0 heterocycles. The Bertz CT molecular complexity index is 624. The molecule has 1 unspecified atom stereocenters. The Balaban J connectivity index is 2.08. The van der Waals surface area contributed by atoms with Gasteiger partial charge in [0.2, 0.25) is 0 Å². The molecule has 2 aromatic rings. The minimum Gasteiger partial charge on any atom is -0.350 e. The molecule has 0 saturated carbocycles. The van der Waals surface area contributed by atoms with Gasteiger partial charge in [0.15, 0.2) is 0 Å². The molecule has 0 saturated heterocycles. The number of halogens is 2. The molecular formula is C17H18Cl2N2O. The summed E-state index contributed by atoms with van der Waals surface area (Å²) in [5.41, 5.74) is 1.61. The van der Waals surface area contributed by atoms with Crippen molar-refractivity contribution >= 4 is 29.1 Å². The fraction of sp³-hybridized carbons (Fsp3) is 0.235. The van der Waals surface area contributed by atoms with Gasteiger partial charge in [-0.25, -0.2) is 0 Å². The number of benzene rings is 2. The van der Waals surface area contributed by atoms with E-state index >= 15 is 0 Å². The molecule has 0 aliphatic carbocycles. The molecule has 1 N–H and O–H groups in total. The van der Waals surface area contributed by atoms with E-state index in [9.17, 15) is 4.79 Å². The first-order valence-corrected chi connectivity index (χ1v) is 7.68. The van der Waals surface area contributed by atoms with Crippen LogP contribution in [0.3, 0.4) is 0 Å². The average molecular weight is 337 g/mol. The summed E-state index contributed by atoms with van der Waals surface area (Å²) in [4.78, 5) is 14.3. The Kier molecular flexibility index (Phi) is 5.83. The maximum absolute atomic E-state index is 12.3. The van der Waals surface area contributed by atoms with Gasteiger partial charge in [-0.2, -0.15) is 0 Å². The predicted octanol–water partition coefficient (Wildman–Crippen LogP) is 4.03. The Morgan fingerprint density at radius 1 is 1.09 bits per heavy atom. The molecule has 0 fully saturated rings. The van der Waals surface area contributed by atoms with E-state index in [1.54, 1.807) is 18.2 Å². The lowest BCUT2D eigenvalue weighted by Crippen LogP contribution is -2.34. The van der Waals surface area contributed by atoms with Crippen molar-refractivity contribution in [3.05, 3.63) is 69.7 Å². The van der Waals surface area contributed by atoms with Gasteiger partial charge in [0.25, 0.3) is 5.91 Å². The quantitative estimate of drug-likeness (QED) is 0.894. The lowest BCUT2D eigenvalue weighted by atomic mass is 10.1. The highest BCUT2D eigenvalue weighted by atomic mass is 35.5. The first-order chi connectivity index (χ1) is 10.5. The molecule has 116 valence electrons. The Labute approximate surface area is 140 Å². The number of likely N-dealkylation sites (N-methyl/N-ethyl adjacent to an activating group) is 1. The molecule has 22 heavy (non-hydrogen) atoms. The van der Waals surface area contributed by atoms with Crippen molar-refractivity contribution in [1.82, 2.24) is 10.2 Å². The number of nitrogens with one attached hydrogen (secondary N) is 1. The summed E-state index contributed by atoms with van der Waals surface area (Å²) in [6.45, 7) is 0.500. The minimum atomic E-state index is -0.188. The number of hydrogen-bond acceptors (Lipinski definition) is 2. The number of amides is 1. The van der Waals surface area contributed by atoms with Gasteiger partial charge in [0.1, 0.15) is 0 Å². The third-order valence-corrected chi connectivity index (χ3v) is 3.82. The summed E-state index contributed by atoms with van der Waals surface area (Å²) < 4.78 is 0. The number of carbonyl (C=O) groups excluding carboxylic acids is 1. The topological polar surface area (TPSA) is 32.3 Å². The van der Waals surface area contributed by atoms with Crippen molar-refractivity contribution in [3.63, 3.8) is 0 Å². The zero-order chi connectivity index (χ0) is 16.1. The van der Waals surface area contributed by atoms with Gasteiger partial charge in [0.05, 0.1) is 6.04 Å². The third-order valence-electron chi connectivity index (χ3n) is 3.39.